The van der Waals surface area contributed by atoms with E-state index in [1.54, 1.807) is 0 Å². The van der Waals surface area contributed by atoms with Gasteiger partial charge in [-0.05, 0) is 41.6 Å². The van der Waals surface area contributed by atoms with Gasteiger partial charge in [0.15, 0.2) is 7.26 Å². The van der Waals surface area contributed by atoms with E-state index >= 15 is 0 Å². The first-order valence-corrected chi connectivity index (χ1v) is 9.51. The zero-order chi connectivity index (χ0) is 16.2. The Kier molecular flexibility index (Phi) is 3.89. The number of tetrazole rings is 1. The van der Waals surface area contributed by atoms with E-state index in [2.05, 4.69) is 93.4 Å². The van der Waals surface area contributed by atoms with Crippen molar-refractivity contribution < 1.29 is 0 Å². The van der Waals surface area contributed by atoms with Crippen LogP contribution in [0.4, 0.5) is 0 Å². The summed E-state index contributed by atoms with van der Waals surface area (Å²) in [5.41, 5.74) is 0.742. The van der Waals surface area contributed by atoms with Crippen LogP contribution in [-0.4, -0.2) is 20.6 Å². The summed E-state index contributed by atoms with van der Waals surface area (Å²) in [7, 11) is -2.17. The summed E-state index contributed by atoms with van der Waals surface area (Å²) in [5, 5.41) is 19.0. The average molecular weight is 331 g/mol. The maximum absolute atomic E-state index is 4.42. The molecule has 5 heteroatoms. The maximum Gasteiger partial charge on any atom is 0.330 e. The topological polar surface area (TPSA) is 54.5 Å². The molecular weight excluding hydrogens is 315 g/mol. The summed E-state index contributed by atoms with van der Waals surface area (Å²) in [5.74, 6) is 0. The van der Waals surface area contributed by atoms with Crippen molar-refractivity contribution in [3.63, 3.8) is 0 Å². The molecular formula is C19H16N4P+. The number of hydrogen-bond donors (Lipinski definition) is 1. The number of benzene rings is 3. The number of aromatic amines is 1. The molecule has 1 aromatic heterocycles. The molecule has 0 saturated carbocycles. The molecule has 0 aliphatic heterocycles. The molecule has 1 heterocycles. The number of nitrogens with one attached hydrogen (secondary N) is 1. The molecule has 0 bridgehead atoms. The third kappa shape index (κ3) is 2.32. The molecule has 0 saturated heterocycles. The second-order valence-electron chi connectivity index (χ2n) is 5.39. The van der Waals surface area contributed by atoms with E-state index in [1.807, 2.05) is 18.2 Å². The Morgan fingerprint density at radius 2 is 1.00 bits per heavy atom. The molecule has 4 aromatic rings. The second kappa shape index (κ2) is 6.34. The van der Waals surface area contributed by atoms with Crippen molar-refractivity contribution in [2.24, 2.45) is 0 Å². The summed E-state index contributed by atoms with van der Waals surface area (Å²) < 4.78 is 0. The Balaban J connectivity index is 2.12. The van der Waals surface area contributed by atoms with Crippen LogP contribution in [0.15, 0.2) is 91.0 Å². The van der Waals surface area contributed by atoms with Crippen molar-refractivity contribution >= 4 is 28.7 Å². The summed E-state index contributed by atoms with van der Waals surface area (Å²) in [6.07, 6.45) is 0. The molecule has 4 nitrogen and oxygen atoms in total. The molecule has 1 N–H and O–H groups in total. The molecule has 0 spiro atoms. The SMILES string of the molecule is c1ccc([P+](c2ccccc2)(c2ccccc2)c2nn[nH]n2)cc1. The highest BCUT2D eigenvalue weighted by Crippen LogP contribution is 2.52. The van der Waals surface area contributed by atoms with Crippen LogP contribution in [0.3, 0.4) is 0 Å². The van der Waals surface area contributed by atoms with Crippen LogP contribution in [0, 0.1) is 0 Å². The third-order valence-corrected chi connectivity index (χ3v) is 8.07. The monoisotopic (exact) mass is 331 g/mol. The minimum atomic E-state index is -2.17. The van der Waals surface area contributed by atoms with E-state index in [-0.39, 0.29) is 0 Å². The van der Waals surface area contributed by atoms with E-state index in [0.717, 1.165) is 5.57 Å². The first-order valence-electron chi connectivity index (χ1n) is 7.72. The molecule has 0 radical (unpaired) electrons. The highest BCUT2D eigenvalue weighted by Gasteiger charge is 2.51. The number of aromatic nitrogens is 4. The molecule has 0 atom stereocenters. The molecule has 0 amide bonds. The van der Waals surface area contributed by atoms with E-state index in [0.29, 0.717) is 0 Å². The zero-order valence-electron chi connectivity index (χ0n) is 12.9. The largest absolute Gasteiger partial charge is 0.330 e. The predicted octanol–water partition coefficient (Wildman–Crippen LogP) is 1.82. The van der Waals surface area contributed by atoms with Gasteiger partial charge in [0.05, 0.1) is 0 Å². The van der Waals surface area contributed by atoms with Gasteiger partial charge < -0.3 is 0 Å². The predicted molar refractivity (Wildman–Crippen MR) is 99.0 cm³/mol. The summed E-state index contributed by atoms with van der Waals surface area (Å²) in [4.78, 5) is 0. The van der Waals surface area contributed by atoms with E-state index in [9.17, 15) is 0 Å². The van der Waals surface area contributed by atoms with Crippen LogP contribution < -0.4 is 21.5 Å². The number of nitrogens with zero attached hydrogens (tertiary/aromatic N) is 3. The number of hydrogen-bond acceptors (Lipinski definition) is 3. The van der Waals surface area contributed by atoms with E-state index in [4.69, 9.17) is 0 Å². The Morgan fingerprint density at radius 1 is 0.583 bits per heavy atom. The van der Waals surface area contributed by atoms with Gasteiger partial charge in [0, 0.05) is 0 Å². The second-order valence-corrected chi connectivity index (χ2v) is 8.68. The Labute approximate surface area is 140 Å². The summed E-state index contributed by atoms with van der Waals surface area (Å²) in [6.45, 7) is 0. The van der Waals surface area contributed by atoms with Crippen LogP contribution >= 0.6 is 7.26 Å². The summed E-state index contributed by atoms with van der Waals surface area (Å²) >= 11 is 0. The van der Waals surface area contributed by atoms with Crippen LogP contribution in [0.25, 0.3) is 0 Å². The van der Waals surface area contributed by atoms with Crippen LogP contribution in [0.1, 0.15) is 0 Å². The molecule has 4 rings (SSSR count). The molecule has 24 heavy (non-hydrogen) atoms. The lowest BCUT2D eigenvalue weighted by Gasteiger charge is -2.23. The Hall–Kier alpha value is -2.84. The van der Waals surface area contributed by atoms with Crippen molar-refractivity contribution in [1.29, 1.82) is 0 Å². The standard InChI is InChI=1S/C19H16N4P/c1-4-10-16(11-5-1)24(19-20-22-23-21-19,17-12-6-2-7-13-17)18-14-8-3-9-15-18/h1-15H,(H,20,21,22,23)/q+1. The summed E-state index contributed by atoms with van der Waals surface area (Å²) in [6, 6.07) is 31.4. The molecule has 0 aliphatic rings. The first-order chi connectivity index (χ1) is 11.9. The Bertz CT molecular complexity index is 797. The van der Waals surface area contributed by atoms with Crippen molar-refractivity contribution in [2.75, 3.05) is 0 Å². The number of rotatable bonds is 4. The van der Waals surface area contributed by atoms with Gasteiger partial charge in [0.2, 0.25) is 0 Å². The minimum absolute atomic E-state index is 0.742. The van der Waals surface area contributed by atoms with Gasteiger partial charge in [-0.2, -0.15) is 5.21 Å². The van der Waals surface area contributed by atoms with Gasteiger partial charge >= 0.3 is 5.57 Å². The lowest BCUT2D eigenvalue weighted by molar-refractivity contribution is 0.881. The fourth-order valence-corrected chi connectivity index (χ4v) is 6.87. The van der Waals surface area contributed by atoms with Crippen molar-refractivity contribution in [3.05, 3.63) is 91.0 Å². The molecule has 0 aliphatic carbocycles. The lowest BCUT2D eigenvalue weighted by atomic mass is 10.4. The van der Waals surface area contributed by atoms with Gasteiger partial charge in [0.1, 0.15) is 15.9 Å². The Morgan fingerprint density at radius 3 is 1.33 bits per heavy atom. The first kappa shape index (κ1) is 14.7. The fourth-order valence-electron chi connectivity index (χ4n) is 3.05. The molecule has 0 unspecified atom stereocenters. The number of H-pyrrole nitrogens is 1. The highest BCUT2D eigenvalue weighted by molar-refractivity contribution is 8.01. The highest BCUT2D eigenvalue weighted by atomic mass is 31.2. The molecule has 3 aromatic carbocycles. The van der Waals surface area contributed by atoms with E-state index in [1.165, 1.54) is 15.9 Å². The normalized spacial score (nSPS) is 11.3. The van der Waals surface area contributed by atoms with Gasteiger partial charge in [-0.1, -0.05) is 64.8 Å². The smallest absolute Gasteiger partial charge is 0.174 e. The zero-order valence-corrected chi connectivity index (χ0v) is 13.8. The van der Waals surface area contributed by atoms with Gasteiger partial charge in [-0.15, -0.1) is 0 Å². The van der Waals surface area contributed by atoms with Gasteiger partial charge in [-0.3, -0.25) is 0 Å². The van der Waals surface area contributed by atoms with Crippen molar-refractivity contribution in [3.8, 4) is 0 Å². The molecule has 0 fully saturated rings. The van der Waals surface area contributed by atoms with Gasteiger partial charge in [-0.25, -0.2) is 0 Å². The third-order valence-electron chi connectivity index (χ3n) is 4.06. The van der Waals surface area contributed by atoms with Crippen molar-refractivity contribution in [1.82, 2.24) is 20.6 Å². The van der Waals surface area contributed by atoms with Crippen molar-refractivity contribution in [2.45, 2.75) is 0 Å². The molecule has 116 valence electrons. The van der Waals surface area contributed by atoms with Crippen LogP contribution in [0.5, 0.6) is 0 Å². The minimum Gasteiger partial charge on any atom is -0.174 e. The fraction of sp³-hybridized carbons (Fsp3) is 0. The van der Waals surface area contributed by atoms with Crippen LogP contribution in [-0.2, 0) is 0 Å². The van der Waals surface area contributed by atoms with Crippen LogP contribution in [0.2, 0.25) is 0 Å². The maximum atomic E-state index is 4.42. The lowest BCUT2D eigenvalue weighted by Crippen LogP contribution is -2.40. The quantitative estimate of drug-likeness (QED) is 0.581. The van der Waals surface area contributed by atoms with Gasteiger partial charge in [0.25, 0.3) is 0 Å². The van der Waals surface area contributed by atoms with E-state index < -0.39 is 7.26 Å². The average Bonchev–Trinajstić information content (AvgIpc) is 3.20.